The number of carboxylic acids is 1. The number of nitrogens with one attached hydrogen (secondary N) is 1. The largest absolute Gasteiger partial charge is 0.482 e. The Labute approximate surface area is 116 Å². The van der Waals surface area contributed by atoms with Crippen molar-refractivity contribution in [2.24, 2.45) is 0 Å². The molecule has 8 heteroatoms. The average molecular weight is 339 g/mol. The van der Waals surface area contributed by atoms with Crippen LogP contribution >= 0.6 is 27.5 Å². The molecule has 1 aromatic carbocycles. The first-order chi connectivity index (χ1) is 8.49. The zero-order valence-electron chi connectivity index (χ0n) is 8.98. The summed E-state index contributed by atoms with van der Waals surface area (Å²) in [7, 11) is 0. The summed E-state index contributed by atoms with van der Waals surface area (Å²) in [4.78, 5) is 25.7. The Morgan fingerprint density at radius 1 is 1.39 bits per heavy atom. The molecule has 1 amide bonds. The lowest BCUT2D eigenvalue weighted by Gasteiger charge is -2.08. The Balaban J connectivity index is 2.36. The van der Waals surface area contributed by atoms with E-state index in [0.29, 0.717) is 10.8 Å². The predicted octanol–water partition coefficient (Wildman–Crippen LogP) is 1.61. The molecule has 18 heavy (non-hydrogen) atoms. The fraction of sp³-hybridized carbons (Fsp3) is 0.200. The van der Waals surface area contributed by atoms with Crippen LogP contribution in [0.15, 0.2) is 22.7 Å². The van der Waals surface area contributed by atoms with E-state index in [0.717, 1.165) is 4.47 Å². The lowest BCUT2D eigenvalue weighted by Crippen LogP contribution is -2.30. The van der Waals surface area contributed by atoms with E-state index in [1.807, 2.05) is 5.48 Å². The van der Waals surface area contributed by atoms with Gasteiger partial charge in [-0.2, -0.15) is 0 Å². The van der Waals surface area contributed by atoms with E-state index >= 15 is 0 Å². The molecule has 0 radical (unpaired) electrons. The van der Waals surface area contributed by atoms with E-state index in [4.69, 9.17) is 21.4 Å². The number of carbonyl (C=O) groups is 2. The van der Waals surface area contributed by atoms with Crippen LogP contribution < -0.4 is 10.2 Å². The van der Waals surface area contributed by atoms with Crippen molar-refractivity contribution in [2.45, 2.75) is 0 Å². The summed E-state index contributed by atoms with van der Waals surface area (Å²) in [6.45, 7) is -0.953. The number of hydrogen-bond acceptors (Lipinski definition) is 4. The van der Waals surface area contributed by atoms with Crippen LogP contribution in [0.1, 0.15) is 0 Å². The van der Waals surface area contributed by atoms with Gasteiger partial charge in [-0.05, 0) is 18.2 Å². The first-order valence-corrected chi connectivity index (χ1v) is 5.86. The lowest BCUT2D eigenvalue weighted by molar-refractivity contribution is -0.149. The molecule has 0 saturated carbocycles. The molecule has 0 aliphatic heterocycles. The van der Waals surface area contributed by atoms with Gasteiger partial charge in [0.1, 0.15) is 5.75 Å². The summed E-state index contributed by atoms with van der Waals surface area (Å²) in [6.07, 6.45) is 0. The molecule has 0 spiro atoms. The van der Waals surface area contributed by atoms with Crippen LogP contribution in [0.2, 0.25) is 5.02 Å². The molecule has 0 heterocycles. The number of halogens is 2. The van der Waals surface area contributed by atoms with Gasteiger partial charge < -0.3 is 9.84 Å². The van der Waals surface area contributed by atoms with Gasteiger partial charge in [0, 0.05) is 4.47 Å². The highest BCUT2D eigenvalue weighted by Crippen LogP contribution is 2.27. The minimum absolute atomic E-state index is 0.332. The van der Waals surface area contributed by atoms with Crippen LogP contribution in [0.3, 0.4) is 0 Å². The first kappa shape index (κ1) is 14.7. The molecule has 1 aromatic rings. The molecule has 0 saturated heterocycles. The molecule has 0 fully saturated rings. The van der Waals surface area contributed by atoms with E-state index in [9.17, 15) is 9.59 Å². The van der Waals surface area contributed by atoms with E-state index in [-0.39, 0.29) is 6.61 Å². The van der Waals surface area contributed by atoms with Gasteiger partial charge in [0.15, 0.2) is 13.2 Å². The Hall–Kier alpha value is -1.31. The van der Waals surface area contributed by atoms with Crippen molar-refractivity contribution >= 4 is 39.4 Å². The third-order valence-corrected chi connectivity index (χ3v) is 2.42. The summed E-state index contributed by atoms with van der Waals surface area (Å²) >= 11 is 9.09. The maximum atomic E-state index is 11.2. The van der Waals surface area contributed by atoms with Gasteiger partial charge in [0.25, 0.3) is 5.91 Å². The number of hydrogen-bond donors (Lipinski definition) is 2. The van der Waals surface area contributed by atoms with E-state index in [2.05, 4.69) is 20.8 Å². The highest BCUT2D eigenvalue weighted by Gasteiger charge is 2.07. The Morgan fingerprint density at radius 2 is 2.11 bits per heavy atom. The van der Waals surface area contributed by atoms with Crippen LogP contribution in [0.25, 0.3) is 0 Å². The fourth-order valence-electron chi connectivity index (χ4n) is 0.943. The molecule has 0 bridgehead atoms. The lowest BCUT2D eigenvalue weighted by atomic mass is 10.3. The second-order valence-corrected chi connectivity index (χ2v) is 4.39. The number of carboxylic acid groups (broad SMARTS) is 1. The molecule has 0 unspecified atom stereocenters. The van der Waals surface area contributed by atoms with E-state index in [1.165, 1.54) is 0 Å². The molecule has 0 aromatic heterocycles. The zero-order valence-corrected chi connectivity index (χ0v) is 11.3. The molecular formula is C10H9BrClNO5. The summed E-state index contributed by atoms with van der Waals surface area (Å²) in [6, 6.07) is 4.92. The topological polar surface area (TPSA) is 84.9 Å². The third-order valence-electron chi connectivity index (χ3n) is 1.63. The molecule has 0 aliphatic carbocycles. The minimum atomic E-state index is -1.19. The number of amides is 1. The normalized spacial score (nSPS) is 9.89. The molecule has 6 nitrogen and oxygen atoms in total. The second-order valence-electron chi connectivity index (χ2n) is 3.07. The fourth-order valence-corrected chi connectivity index (χ4v) is 1.67. The Kier molecular flexibility index (Phi) is 5.90. The van der Waals surface area contributed by atoms with Crippen molar-refractivity contribution in [1.29, 1.82) is 0 Å². The standard InChI is InChI=1S/C10H9BrClNO5/c11-6-1-2-8(7(12)3-6)17-4-9(14)13-18-5-10(15)16/h1-3H,4-5H2,(H,13,14)(H,15,16). The second kappa shape index (κ2) is 7.20. The Morgan fingerprint density at radius 3 is 2.72 bits per heavy atom. The summed E-state index contributed by atoms with van der Waals surface area (Å²) in [5.74, 6) is -1.46. The summed E-state index contributed by atoms with van der Waals surface area (Å²) < 4.78 is 5.91. The number of carbonyl (C=O) groups excluding carboxylic acids is 1. The maximum absolute atomic E-state index is 11.2. The van der Waals surface area contributed by atoms with E-state index in [1.54, 1.807) is 18.2 Å². The summed E-state index contributed by atoms with van der Waals surface area (Å²) in [5.41, 5.74) is 1.92. The molecule has 98 valence electrons. The SMILES string of the molecule is O=C(O)CONC(=O)COc1ccc(Br)cc1Cl. The van der Waals surface area contributed by atoms with Crippen molar-refractivity contribution in [3.8, 4) is 5.75 Å². The number of rotatable bonds is 6. The van der Waals surface area contributed by atoms with Crippen molar-refractivity contribution in [3.63, 3.8) is 0 Å². The number of benzene rings is 1. The molecule has 2 N–H and O–H groups in total. The average Bonchev–Trinajstić information content (AvgIpc) is 2.27. The van der Waals surface area contributed by atoms with E-state index < -0.39 is 18.5 Å². The van der Waals surface area contributed by atoms with Crippen LogP contribution in [-0.4, -0.2) is 30.2 Å². The van der Waals surface area contributed by atoms with Gasteiger partial charge in [-0.25, -0.2) is 10.3 Å². The third kappa shape index (κ3) is 5.35. The monoisotopic (exact) mass is 337 g/mol. The van der Waals surface area contributed by atoms with Gasteiger partial charge >= 0.3 is 5.97 Å². The smallest absolute Gasteiger partial charge is 0.332 e. The minimum Gasteiger partial charge on any atom is -0.482 e. The first-order valence-electron chi connectivity index (χ1n) is 4.69. The van der Waals surface area contributed by atoms with Crippen molar-refractivity contribution < 1.29 is 24.3 Å². The van der Waals surface area contributed by atoms with Crippen LogP contribution in [0.4, 0.5) is 0 Å². The van der Waals surface area contributed by atoms with Crippen molar-refractivity contribution in [1.82, 2.24) is 5.48 Å². The number of ether oxygens (including phenoxy) is 1. The van der Waals surface area contributed by atoms with Gasteiger partial charge in [-0.3, -0.25) is 9.63 Å². The van der Waals surface area contributed by atoms with Gasteiger partial charge in [-0.15, -0.1) is 0 Å². The van der Waals surface area contributed by atoms with Gasteiger partial charge in [-0.1, -0.05) is 27.5 Å². The zero-order chi connectivity index (χ0) is 13.5. The quantitative estimate of drug-likeness (QED) is 0.770. The Bertz CT molecular complexity index is 454. The van der Waals surface area contributed by atoms with Crippen LogP contribution in [0.5, 0.6) is 5.75 Å². The van der Waals surface area contributed by atoms with Crippen molar-refractivity contribution in [3.05, 3.63) is 27.7 Å². The molecular weight excluding hydrogens is 329 g/mol. The van der Waals surface area contributed by atoms with Gasteiger partial charge in [0.05, 0.1) is 5.02 Å². The number of aliphatic carboxylic acids is 1. The van der Waals surface area contributed by atoms with Crippen LogP contribution in [-0.2, 0) is 14.4 Å². The van der Waals surface area contributed by atoms with Crippen LogP contribution in [0, 0.1) is 0 Å². The van der Waals surface area contributed by atoms with Crippen molar-refractivity contribution in [2.75, 3.05) is 13.2 Å². The summed E-state index contributed by atoms with van der Waals surface area (Å²) in [5, 5.41) is 8.62. The maximum Gasteiger partial charge on any atom is 0.332 e. The molecule has 0 aliphatic rings. The predicted molar refractivity (Wildman–Crippen MR) is 66.4 cm³/mol. The molecule has 0 atom stereocenters. The highest BCUT2D eigenvalue weighted by atomic mass is 79.9. The highest BCUT2D eigenvalue weighted by molar-refractivity contribution is 9.10. The van der Waals surface area contributed by atoms with Gasteiger partial charge in [0.2, 0.25) is 0 Å². The number of hydroxylamine groups is 1. The molecule has 1 rings (SSSR count).